The number of anilines is 1. The lowest BCUT2D eigenvalue weighted by molar-refractivity contribution is 0.0954. The molecule has 0 aliphatic rings. The second-order valence-corrected chi connectivity index (χ2v) is 7.41. The molecule has 138 valence electrons. The van der Waals surface area contributed by atoms with E-state index in [0.29, 0.717) is 23.7 Å². The lowest BCUT2D eigenvalue weighted by Crippen LogP contribution is -2.28. The molecule has 0 fully saturated rings. The van der Waals surface area contributed by atoms with E-state index >= 15 is 0 Å². The topological polar surface area (TPSA) is 83.1 Å². The second-order valence-electron chi connectivity index (χ2n) is 5.64. The number of thiophene rings is 1. The Morgan fingerprint density at radius 3 is 2.52 bits per heavy atom. The first-order valence-electron chi connectivity index (χ1n) is 8.16. The molecule has 0 unspecified atom stereocenters. The molecule has 0 atom stereocenters. The fraction of sp³-hybridized carbons (Fsp3) is 0.105. The molecule has 3 N–H and O–H groups in total. The zero-order valence-electron chi connectivity index (χ0n) is 14.2. The summed E-state index contributed by atoms with van der Waals surface area (Å²) in [4.78, 5) is 28.8. The van der Waals surface area contributed by atoms with Gasteiger partial charge in [0.05, 0.1) is 0 Å². The smallest absolute Gasteiger partial charge is 0.319 e. The summed E-state index contributed by atoms with van der Waals surface area (Å²) >= 11 is 4.73. The van der Waals surface area contributed by atoms with Crippen molar-refractivity contribution in [3.8, 4) is 0 Å². The Kier molecular flexibility index (Phi) is 6.56. The van der Waals surface area contributed by atoms with E-state index in [1.54, 1.807) is 18.5 Å². The number of halogens is 1. The number of amides is 3. The van der Waals surface area contributed by atoms with Crippen molar-refractivity contribution in [1.29, 1.82) is 0 Å². The van der Waals surface area contributed by atoms with Crippen LogP contribution in [0.2, 0.25) is 0 Å². The number of carbonyl (C=O) groups is 2. The fourth-order valence-corrected chi connectivity index (χ4v) is 3.80. The van der Waals surface area contributed by atoms with Crippen LogP contribution in [0.5, 0.6) is 0 Å². The van der Waals surface area contributed by atoms with Gasteiger partial charge in [-0.15, -0.1) is 11.3 Å². The van der Waals surface area contributed by atoms with Crippen LogP contribution in [-0.4, -0.2) is 16.9 Å². The molecule has 3 aromatic rings. The molecule has 3 rings (SSSR count). The zero-order chi connectivity index (χ0) is 19.1. The number of benzene rings is 1. The highest BCUT2D eigenvalue weighted by atomic mass is 79.9. The third-order valence-electron chi connectivity index (χ3n) is 3.66. The standard InChI is InChI=1S/C19H17BrN4O2S/c20-16-6-9-27-17(16)18(25)22-12-14-2-1-3-15(10-14)24-19(26)23-11-13-4-7-21-8-5-13/h1-10H,11-12H2,(H,22,25)(H2,23,24,26). The van der Waals surface area contributed by atoms with Crippen molar-refractivity contribution in [2.24, 2.45) is 0 Å². The van der Waals surface area contributed by atoms with Crippen molar-refractivity contribution in [3.63, 3.8) is 0 Å². The first kappa shape index (κ1) is 19.1. The summed E-state index contributed by atoms with van der Waals surface area (Å²) in [6.45, 7) is 0.789. The van der Waals surface area contributed by atoms with Crippen molar-refractivity contribution >= 4 is 44.9 Å². The minimum atomic E-state index is -0.296. The molecule has 0 saturated carbocycles. The van der Waals surface area contributed by atoms with E-state index in [1.165, 1.54) is 11.3 Å². The number of hydrogen-bond donors (Lipinski definition) is 3. The quantitative estimate of drug-likeness (QED) is 0.533. The van der Waals surface area contributed by atoms with Crippen LogP contribution in [0.4, 0.5) is 10.5 Å². The van der Waals surface area contributed by atoms with Gasteiger partial charge in [0.2, 0.25) is 0 Å². The molecule has 3 amide bonds. The van der Waals surface area contributed by atoms with Crippen LogP contribution < -0.4 is 16.0 Å². The fourth-order valence-electron chi connectivity index (χ4n) is 2.34. The Labute approximate surface area is 169 Å². The van der Waals surface area contributed by atoms with Gasteiger partial charge in [0.1, 0.15) is 4.88 Å². The number of aromatic nitrogens is 1. The molecule has 0 aliphatic heterocycles. The molecule has 6 nitrogen and oxygen atoms in total. The molecule has 0 bridgehead atoms. The summed E-state index contributed by atoms with van der Waals surface area (Å²) in [5.74, 6) is -0.134. The number of rotatable bonds is 6. The Balaban J connectivity index is 1.51. The summed E-state index contributed by atoms with van der Waals surface area (Å²) in [5, 5.41) is 10.3. The van der Waals surface area contributed by atoms with E-state index in [9.17, 15) is 9.59 Å². The third kappa shape index (κ3) is 5.63. The number of carbonyl (C=O) groups excluding carboxylic acids is 2. The number of nitrogens with one attached hydrogen (secondary N) is 3. The van der Waals surface area contributed by atoms with Crippen LogP contribution in [0.15, 0.2) is 64.7 Å². The Bertz CT molecular complexity index is 930. The molecule has 0 aliphatic carbocycles. The van der Waals surface area contributed by atoms with Crippen molar-refractivity contribution in [2.75, 3.05) is 5.32 Å². The number of hydrogen-bond acceptors (Lipinski definition) is 4. The van der Waals surface area contributed by atoms with Crippen LogP contribution in [0.1, 0.15) is 20.8 Å². The van der Waals surface area contributed by atoms with Gasteiger partial charge in [0, 0.05) is 35.6 Å². The minimum Gasteiger partial charge on any atom is -0.347 e. The zero-order valence-corrected chi connectivity index (χ0v) is 16.6. The molecular weight excluding hydrogens is 428 g/mol. The SMILES string of the molecule is O=C(NCc1ccncc1)Nc1cccc(CNC(=O)c2sccc2Br)c1. The maximum absolute atomic E-state index is 12.2. The third-order valence-corrected chi connectivity index (χ3v) is 5.50. The maximum atomic E-state index is 12.2. The largest absolute Gasteiger partial charge is 0.347 e. The average Bonchev–Trinajstić information content (AvgIpc) is 3.12. The normalized spacial score (nSPS) is 10.3. The molecule has 0 radical (unpaired) electrons. The number of nitrogens with zero attached hydrogens (tertiary/aromatic N) is 1. The van der Waals surface area contributed by atoms with Crippen molar-refractivity contribution in [3.05, 3.63) is 80.7 Å². The number of urea groups is 1. The first-order chi connectivity index (χ1) is 13.1. The van der Waals surface area contributed by atoms with Gasteiger partial charge in [0.25, 0.3) is 5.91 Å². The minimum absolute atomic E-state index is 0.134. The monoisotopic (exact) mass is 444 g/mol. The van der Waals surface area contributed by atoms with Gasteiger partial charge in [0.15, 0.2) is 0 Å². The van der Waals surface area contributed by atoms with Gasteiger partial charge < -0.3 is 16.0 Å². The summed E-state index contributed by atoms with van der Waals surface area (Å²) < 4.78 is 0.784. The van der Waals surface area contributed by atoms with E-state index < -0.39 is 0 Å². The molecule has 0 saturated heterocycles. The van der Waals surface area contributed by atoms with E-state index in [1.807, 2.05) is 41.8 Å². The maximum Gasteiger partial charge on any atom is 0.319 e. The molecule has 27 heavy (non-hydrogen) atoms. The lowest BCUT2D eigenvalue weighted by atomic mass is 10.2. The summed E-state index contributed by atoms with van der Waals surface area (Å²) in [6.07, 6.45) is 3.36. The highest BCUT2D eigenvalue weighted by molar-refractivity contribution is 9.10. The van der Waals surface area contributed by atoms with Crippen molar-refractivity contribution in [1.82, 2.24) is 15.6 Å². The summed E-state index contributed by atoms with van der Waals surface area (Å²) in [7, 11) is 0. The predicted octanol–water partition coefficient (Wildman–Crippen LogP) is 4.16. The van der Waals surface area contributed by atoms with Gasteiger partial charge in [-0.2, -0.15) is 0 Å². The van der Waals surface area contributed by atoms with Crippen molar-refractivity contribution in [2.45, 2.75) is 13.1 Å². The van der Waals surface area contributed by atoms with Gasteiger partial charge >= 0.3 is 6.03 Å². The van der Waals surface area contributed by atoms with Crippen molar-refractivity contribution < 1.29 is 9.59 Å². The molecule has 0 spiro atoms. The van der Waals surface area contributed by atoms with Gasteiger partial charge in [-0.1, -0.05) is 12.1 Å². The van der Waals surface area contributed by atoms with Crippen LogP contribution in [0, 0.1) is 0 Å². The Morgan fingerprint density at radius 2 is 1.78 bits per heavy atom. The number of pyridine rings is 1. The summed E-state index contributed by atoms with van der Waals surface area (Å²) in [6, 6.07) is 12.6. The van der Waals surface area contributed by atoms with Gasteiger partial charge in [-0.05, 0) is 62.8 Å². The highest BCUT2D eigenvalue weighted by Gasteiger charge is 2.11. The Morgan fingerprint density at radius 1 is 1.00 bits per heavy atom. The average molecular weight is 445 g/mol. The van der Waals surface area contributed by atoms with Crippen LogP contribution in [-0.2, 0) is 13.1 Å². The highest BCUT2D eigenvalue weighted by Crippen LogP contribution is 2.22. The van der Waals surface area contributed by atoms with Gasteiger partial charge in [-0.3, -0.25) is 9.78 Å². The molecule has 1 aromatic carbocycles. The first-order valence-corrected chi connectivity index (χ1v) is 9.83. The molecule has 2 aromatic heterocycles. The van der Waals surface area contributed by atoms with Gasteiger partial charge in [-0.25, -0.2) is 4.79 Å². The second kappa shape index (κ2) is 9.29. The van der Waals surface area contributed by atoms with E-state index in [2.05, 4.69) is 36.9 Å². The van der Waals surface area contributed by atoms with E-state index in [0.717, 1.165) is 15.6 Å². The lowest BCUT2D eigenvalue weighted by Gasteiger charge is -2.10. The van der Waals surface area contributed by atoms with Crippen LogP contribution in [0.25, 0.3) is 0 Å². The van der Waals surface area contributed by atoms with Crippen LogP contribution >= 0.6 is 27.3 Å². The summed E-state index contributed by atoms with van der Waals surface area (Å²) in [5.41, 5.74) is 2.52. The van der Waals surface area contributed by atoms with E-state index in [4.69, 9.17) is 0 Å². The molecular formula is C19H17BrN4O2S. The van der Waals surface area contributed by atoms with Crippen LogP contribution in [0.3, 0.4) is 0 Å². The molecule has 2 heterocycles. The molecule has 8 heteroatoms. The predicted molar refractivity (Wildman–Crippen MR) is 110 cm³/mol. The van der Waals surface area contributed by atoms with E-state index in [-0.39, 0.29) is 11.9 Å². The Hall–Kier alpha value is -2.71.